The van der Waals surface area contributed by atoms with Crippen molar-refractivity contribution in [3.05, 3.63) is 112 Å². The third-order valence-electron chi connectivity index (χ3n) is 8.33. The number of benzene rings is 1. The number of halogens is 2. The smallest absolute Gasteiger partial charge is 0.161 e. The molecule has 0 amide bonds. The van der Waals surface area contributed by atoms with Gasteiger partial charge in [-0.15, -0.1) is 0 Å². The zero-order chi connectivity index (χ0) is 29.3. The van der Waals surface area contributed by atoms with E-state index in [-0.39, 0.29) is 18.2 Å². The summed E-state index contributed by atoms with van der Waals surface area (Å²) in [6, 6.07) is 8.16. The number of fused-ring (bicyclic) bond motifs is 2. The SMILES string of the molecule is NC1=CC=C(c2ccc(F)cc2)c2nc(C3=NCNc4cnc(-c5cncc(CNCC6CCCC6)c5)c(F)c43)[nH]c2C1. The van der Waals surface area contributed by atoms with Crippen molar-refractivity contribution < 1.29 is 8.78 Å². The summed E-state index contributed by atoms with van der Waals surface area (Å²) in [5.74, 6) is 0.334. The number of anilines is 1. The van der Waals surface area contributed by atoms with Gasteiger partial charge in [-0.3, -0.25) is 15.0 Å². The molecular formula is C33H32F2N8. The minimum atomic E-state index is -0.499. The molecule has 3 aliphatic rings. The fourth-order valence-electron chi connectivity index (χ4n) is 6.15. The molecule has 2 aliphatic carbocycles. The molecule has 1 fully saturated rings. The van der Waals surface area contributed by atoms with E-state index in [1.54, 1.807) is 30.7 Å². The quantitative estimate of drug-likeness (QED) is 0.231. The number of hydrogen-bond donors (Lipinski definition) is 4. The fraction of sp³-hybridized carbons (Fsp3) is 0.273. The summed E-state index contributed by atoms with van der Waals surface area (Å²) in [6.07, 6.45) is 14.4. The van der Waals surface area contributed by atoms with E-state index in [4.69, 9.17) is 10.7 Å². The van der Waals surface area contributed by atoms with E-state index in [0.717, 1.165) is 34.9 Å². The maximum absolute atomic E-state index is 16.4. The second-order valence-electron chi connectivity index (χ2n) is 11.3. The largest absolute Gasteiger partial charge is 0.402 e. The van der Waals surface area contributed by atoms with E-state index in [1.165, 1.54) is 37.8 Å². The van der Waals surface area contributed by atoms with Gasteiger partial charge in [0.1, 0.15) is 23.9 Å². The lowest BCUT2D eigenvalue weighted by Crippen LogP contribution is -2.21. The molecule has 43 heavy (non-hydrogen) atoms. The normalized spacial score (nSPS) is 16.5. The standard InChI is InChI=1S/C33H32F2N8/c34-23-7-5-21(6-8-23)25-10-9-24(36)12-26-31(25)43-33(42-26)32-28-27(40-18-41-32)17-39-30(29(28)35)22-11-20(15-38-16-22)14-37-13-19-3-1-2-4-19/h5-11,15-17,19,37,40H,1-4,12-14,18,36H2,(H,42,43). The number of allylic oxidation sites excluding steroid dienone is 3. The number of nitrogens with one attached hydrogen (secondary N) is 3. The van der Waals surface area contributed by atoms with Crippen molar-refractivity contribution in [2.75, 3.05) is 18.5 Å². The second-order valence-corrected chi connectivity index (χ2v) is 11.3. The van der Waals surface area contributed by atoms with Crippen LogP contribution in [0.25, 0.3) is 16.8 Å². The van der Waals surface area contributed by atoms with Crippen molar-refractivity contribution in [2.24, 2.45) is 16.6 Å². The fourth-order valence-corrected chi connectivity index (χ4v) is 6.15. The molecule has 4 aromatic rings. The van der Waals surface area contributed by atoms with Gasteiger partial charge in [-0.2, -0.15) is 0 Å². The molecule has 7 rings (SSSR count). The summed E-state index contributed by atoms with van der Waals surface area (Å²) >= 11 is 0. The van der Waals surface area contributed by atoms with Crippen molar-refractivity contribution in [3.8, 4) is 11.3 Å². The third-order valence-corrected chi connectivity index (χ3v) is 8.33. The van der Waals surface area contributed by atoms with Gasteiger partial charge in [0.15, 0.2) is 11.6 Å². The molecule has 218 valence electrons. The van der Waals surface area contributed by atoms with Crippen LogP contribution in [0.4, 0.5) is 14.5 Å². The first-order valence-electron chi connectivity index (χ1n) is 14.7. The molecule has 10 heteroatoms. The maximum atomic E-state index is 16.4. The lowest BCUT2D eigenvalue weighted by Gasteiger charge is -2.19. The first-order valence-corrected chi connectivity index (χ1v) is 14.7. The zero-order valence-corrected chi connectivity index (χ0v) is 23.6. The molecule has 0 bridgehead atoms. The molecule has 0 unspecified atom stereocenters. The Hall–Kier alpha value is -4.70. The zero-order valence-electron chi connectivity index (χ0n) is 23.6. The van der Waals surface area contributed by atoms with Gasteiger partial charge in [0, 0.05) is 47.9 Å². The highest BCUT2D eigenvalue weighted by Crippen LogP contribution is 2.34. The number of hydrogen-bond acceptors (Lipinski definition) is 7. The molecule has 3 aromatic heterocycles. The van der Waals surface area contributed by atoms with Crippen molar-refractivity contribution in [3.63, 3.8) is 0 Å². The van der Waals surface area contributed by atoms with Crippen molar-refractivity contribution >= 4 is 17.0 Å². The monoisotopic (exact) mass is 578 g/mol. The molecule has 1 saturated carbocycles. The number of aromatic nitrogens is 4. The summed E-state index contributed by atoms with van der Waals surface area (Å²) in [4.78, 5) is 21.7. The highest BCUT2D eigenvalue weighted by atomic mass is 19.1. The molecular weight excluding hydrogens is 546 g/mol. The van der Waals surface area contributed by atoms with Gasteiger partial charge in [-0.1, -0.05) is 31.1 Å². The Morgan fingerprint density at radius 3 is 2.65 bits per heavy atom. The molecule has 0 spiro atoms. The van der Waals surface area contributed by atoms with Crippen LogP contribution in [0.1, 0.15) is 59.6 Å². The second kappa shape index (κ2) is 11.5. The van der Waals surface area contributed by atoms with Crippen LogP contribution >= 0.6 is 0 Å². The summed E-state index contributed by atoms with van der Waals surface area (Å²) in [5.41, 5.74) is 12.9. The van der Waals surface area contributed by atoms with Crippen LogP contribution in [0.3, 0.4) is 0 Å². The Morgan fingerprint density at radius 1 is 0.977 bits per heavy atom. The number of nitrogens with zero attached hydrogens (tertiary/aromatic N) is 4. The summed E-state index contributed by atoms with van der Waals surface area (Å²) in [6.45, 7) is 1.89. The molecule has 8 nitrogen and oxygen atoms in total. The van der Waals surface area contributed by atoms with Crippen molar-refractivity contribution in [1.82, 2.24) is 25.3 Å². The summed E-state index contributed by atoms with van der Waals surface area (Å²) in [7, 11) is 0. The van der Waals surface area contributed by atoms with Gasteiger partial charge < -0.3 is 21.4 Å². The van der Waals surface area contributed by atoms with Crippen molar-refractivity contribution in [1.29, 1.82) is 0 Å². The van der Waals surface area contributed by atoms with E-state index in [2.05, 4.69) is 30.6 Å². The van der Waals surface area contributed by atoms with E-state index in [0.29, 0.717) is 52.7 Å². The summed E-state index contributed by atoms with van der Waals surface area (Å²) < 4.78 is 30.1. The Kier molecular flexibility index (Phi) is 7.28. The number of rotatable bonds is 7. The Bertz CT molecular complexity index is 1760. The predicted molar refractivity (Wildman–Crippen MR) is 163 cm³/mol. The molecule has 0 radical (unpaired) electrons. The van der Waals surface area contributed by atoms with Crippen LogP contribution in [0.15, 0.2) is 71.8 Å². The maximum Gasteiger partial charge on any atom is 0.161 e. The van der Waals surface area contributed by atoms with Crippen LogP contribution in [0, 0.1) is 17.6 Å². The molecule has 0 saturated heterocycles. The Balaban J connectivity index is 1.21. The highest BCUT2D eigenvalue weighted by molar-refractivity contribution is 6.15. The van der Waals surface area contributed by atoms with Gasteiger partial charge in [0.25, 0.3) is 0 Å². The first kappa shape index (κ1) is 27.2. The summed E-state index contributed by atoms with van der Waals surface area (Å²) in [5, 5.41) is 6.67. The lowest BCUT2D eigenvalue weighted by molar-refractivity contribution is 0.489. The minimum absolute atomic E-state index is 0.201. The molecule has 5 N–H and O–H groups in total. The molecule has 1 aliphatic heterocycles. The van der Waals surface area contributed by atoms with Gasteiger partial charge in [0.2, 0.25) is 0 Å². The Labute approximate surface area is 248 Å². The molecule has 4 heterocycles. The first-order chi connectivity index (χ1) is 21.0. The van der Waals surface area contributed by atoms with E-state index in [1.807, 2.05) is 18.2 Å². The Morgan fingerprint density at radius 2 is 1.81 bits per heavy atom. The highest BCUT2D eigenvalue weighted by Gasteiger charge is 2.28. The predicted octanol–water partition coefficient (Wildman–Crippen LogP) is 5.48. The van der Waals surface area contributed by atoms with E-state index < -0.39 is 5.82 Å². The van der Waals surface area contributed by atoms with Crippen LogP contribution in [-0.4, -0.2) is 38.9 Å². The van der Waals surface area contributed by atoms with Crippen LogP contribution < -0.4 is 16.4 Å². The number of nitrogens with two attached hydrogens (primary N) is 1. The number of H-pyrrole nitrogens is 1. The number of aromatic amines is 1. The van der Waals surface area contributed by atoms with E-state index in [9.17, 15) is 4.39 Å². The molecule has 0 atom stereocenters. The van der Waals surface area contributed by atoms with Gasteiger partial charge >= 0.3 is 0 Å². The van der Waals surface area contributed by atoms with Crippen LogP contribution in [0.5, 0.6) is 0 Å². The van der Waals surface area contributed by atoms with Gasteiger partial charge in [-0.05, 0) is 60.7 Å². The number of aliphatic imine (C=N–C) groups is 1. The average molecular weight is 579 g/mol. The third kappa shape index (κ3) is 5.46. The van der Waals surface area contributed by atoms with Crippen LogP contribution in [-0.2, 0) is 13.0 Å². The van der Waals surface area contributed by atoms with Gasteiger partial charge in [-0.25, -0.2) is 13.8 Å². The van der Waals surface area contributed by atoms with E-state index >= 15 is 4.39 Å². The van der Waals surface area contributed by atoms with Crippen LogP contribution in [0.2, 0.25) is 0 Å². The van der Waals surface area contributed by atoms with Gasteiger partial charge in [0.05, 0.1) is 23.1 Å². The number of pyridine rings is 2. The topological polar surface area (TPSA) is 117 Å². The average Bonchev–Trinajstić information content (AvgIpc) is 3.66. The van der Waals surface area contributed by atoms with Crippen molar-refractivity contribution in [2.45, 2.75) is 38.6 Å². The lowest BCUT2D eigenvalue weighted by atomic mass is 10.0. The molecule has 1 aromatic carbocycles. The minimum Gasteiger partial charge on any atom is -0.402 e. The number of imidazole rings is 1.